The van der Waals surface area contributed by atoms with Gasteiger partial charge < -0.3 is 0 Å². The highest BCUT2D eigenvalue weighted by atomic mass is 79.9. The van der Waals surface area contributed by atoms with E-state index in [4.69, 9.17) is 0 Å². The minimum Gasteiger partial charge on any atom is -0.267 e. The first-order valence-corrected chi connectivity index (χ1v) is 5.52. The zero-order valence-corrected chi connectivity index (χ0v) is 9.96. The molecule has 0 bridgehead atoms. The van der Waals surface area contributed by atoms with E-state index < -0.39 is 0 Å². The molecule has 0 spiro atoms. The van der Waals surface area contributed by atoms with Crippen LogP contribution < -0.4 is 0 Å². The molecule has 1 aromatic heterocycles. The van der Waals surface area contributed by atoms with Gasteiger partial charge in [-0.25, -0.2) is 4.68 Å². The van der Waals surface area contributed by atoms with Gasteiger partial charge in [-0.1, -0.05) is 28.1 Å². The lowest BCUT2D eigenvalue weighted by Gasteiger charge is -1.94. The summed E-state index contributed by atoms with van der Waals surface area (Å²) in [5.74, 6) is -0.159. The van der Waals surface area contributed by atoms with Gasteiger partial charge in [0.25, 0.3) is 5.91 Å². The van der Waals surface area contributed by atoms with Crippen LogP contribution >= 0.6 is 15.9 Å². The maximum Gasteiger partial charge on any atom is 0.270 e. The third-order valence-electron chi connectivity index (χ3n) is 2.02. The molecule has 0 aliphatic carbocycles. The number of nitrogens with zero attached hydrogens (tertiary/aromatic N) is 2. The fourth-order valence-corrected chi connectivity index (χ4v) is 1.48. The minimum atomic E-state index is -0.159. The first-order chi connectivity index (χ1) is 7.75. The largest absolute Gasteiger partial charge is 0.270 e. The number of halogens is 1. The molecule has 1 heterocycles. The molecule has 0 radical (unpaired) electrons. The monoisotopic (exact) mass is 276 g/mol. The maximum atomic E-state index is 11.6. The van der Waals surface area contributed by atoms with Crippen LogP contribution in [0.3, 0.4) is 0 Å². The average molecular weight is 277 g/mol. The molecule has 2 rings (SSSR count). The van der Waals surface area contributed by atoms with Crippen LogP contribution in [0, 0.1) is 0 Å². The summed E-state index contributed by atoms with van der Waals surface area (Å²) < 4.78 is 2.30. The summed E-state index contributed by atoms with van der Waals surface area (Å²) in [7, 11) is 0. The van der Waals surface area contributed by atoms with E-state index in [1.807, 2.05) is 24.3 Å². The van der Waals surface area contributed by atoms with E-state index >= 15 is 0 Å². The van der Waals surface area contributed by atoms with E-state index in [0.29, 0.717) is 0 Å². The Morgan fingerprint density at radius 2 is 2.06 bits per heavy atom. The lowest BCUT2D eigenvalue weighted by atomic mass is 10.2. The lowest BCUT2D eigenvalue weighted by Crippen LogP contribution is -2.06. The zero-order valence-electron chi connectivity index (χ0n) is 8.38. The number of hydrogen-bond acceptors (Lipinski definition) is 2. The van der Waals surface area contributed by atoms with Gasteiger partial charge in [0.15, 0.2) is 0 Å². The van der Waals surface area contributed by atoms with Crippen molar-refractivity contribution in [2.24, 2.45) is 0 Å². The number of allylic oxidation sites excluding steroid dienone is 1. The summed E-state index contributed by atoms with van der Waals surface area (Å²) >= 11 is 3.35. The molecule has 1 aromatic carbocycles. The molecular weight excluding hydrogens is 268 g/mol. The van der Waals surface area contributed by atoms with Gasteiger partial charge in [-0.05, 0) is 29.8 Å². The van der Waals surface area contributed by atoms with E-state index in [9.17, 15) is 4.79 Å². The smallest absolute Gasteiger partial charge is 0.267 e. The van der Waals surface area contributed by atoms with Crippen LogP contribution in [-0.4, -0.2) is 15.7 Å². The second-order valence-corrected chi connectivity index (χ2v) is 4.09. The van der Waals surface area contributed by atoms with Crippen molar-refractivity contribution in [2.75, 3.05) is 0 Å². The van der Waals surface area contributed by atoms with Gasteiger partial charge in [-0.15, -0.1) is 0 Å². The molecule has 80 valence electrons. The van der Waals surface area contributed by atoms with Crippen molar-refractivity contribution in [1.29, 1.82) is 0 Å². The molecule has 0 aliphatic rings. The van der Waals surface area contributed by atoms with Crippen LogP contribution in [-0.2, 0) is 0 Å². The molecule has 2 aromatic rings. The van der Waals surface area contributed by atoms with E-state index in [2.05, 4.69) is 21.0 Å². The second-order valence-electron chi connectivity index (χ2n) is 3.17. The molecule has 0 atom stereocenters. The Morgan fingerprint density at radius 1 is 1.31 bits per heavy atom. The number of hydrogen-bond donors (Lipinski definition) is 0. The minimum absolute atomic E-state index is 0.159. The number of rotatable bonds is 2. The zero-order chi connectivity index (χ0) is 11.4. The number of aromatic nitrogens is 2. The molecule has 0 N–H and O–H groups in total. The number of carbonyl (C=O) groups is 1. The lowest BCUT2D eigenvalue weighted by molar-refractivity contribution is 0.0955. The van der Waals surface area contributed by atoms with Gasteiger partial charge in [0.1, 0.15) is 0 Å². The summed E-state index contributed by atoms with van der Waals surface area (Å²) in [4.78, 5) is 11.6. The van der Waals surface area contributed by atoms with Crippen molar-refractivity contribution in [1.82, 2.24) is 9.78 Å². The highest BCUT2D eigenvalue weighted by molar-refractivity contribution is 9.10. The van der Waals surface area contributed by atoms with Crippen molar-refractivity contribution in [2.45, 2.75) is 0 Å². The Morgan fingerprint density at radius 3 is 2.69 bits per heavy atom. The Balaban J connectivity index is 2.10. The topological polar surface area (TPSA) is 34.9 Å². The molecule has 0 aliphatic heterocycles. The van der Waals surface area contributed by atoms with Gasteiger partial charge >= 0.3 is 0 Å². The fourth-order valence-electron chi connectivity index (χ4n) is 1.22. The molecule has 3 nitrogen and oxygen atoms in total. The predicted molar refractivity (Wildman–Crippen MR) is 66.0 cm³/mol. The van der Waals surface area contributed by atoms with Crippen LogP contribution in [0.1, 0.15) is 10.4 Å². The Labute approximate surface area is 102 Å². The fraction of sp³-hybridized carbons (Fsp3) is 0. The SMILES string of the molecule is O=C(C=Cc1ccc(Br)cc1)n1cccn1. The van der Waals surface area contributed by atoms with Crippen molar-refractivity contribution in [3.05, 3.63) is 58.8 Å². The first-order valence-electron chi connectivity index (χ1n) is 4.73. The Hall–Kier alpha value is -1.68. The number of carbonyl (C=O) groups excluding carboxylic acids is 1. The highest BCUT2D eigenvalue weighted by Gasteiger charge is 1.98. The van der Waals surface area contributed by atoms with Crippen LogP contribution in [0.15, 0.2) is 53.3 Å². The van der Waals surface area contributed by atoms with Crippen molar-refractivity contribution in [3.63, 3.8) is 0 Å². The van der Waals surface area contributed by atoms with Crippen LogP contribution in [0.5, 0.6) is 0 Å². The maximum absolute atomic E-state index is 11.6. The molecule has 0 amide bonds. The predicted octanol–water partition coefficient (Wildman–Crippen LogP) is 3.00. The van der Waals surface area contributed by atoms with Crippen LogP contribution in [0.2, 0.25) is 0 Å². The molecule has 0 fully saturated rings. The number of benzene rings is 1. The van der Waals surface area contributed by atoms with E-state index in [0.717, 1.165) is 10.0 Å². The van der Waals surface area contributed by atoms with Crippen molar-refractivity contribution < 1.29 is 4.79 Å². The Bertz CT molecular complexity index is 500. The first kappa shape index (κ1) is 10.8. The van der Waals surface area contributed by atoms with Crippen molar-refractivity contribution in [3.8, 4) is 0 Å². The van der Waals surface area contributed by atoms with E-state index in [1.165, 1.54) is 10.8 Å². The van der Waals surface area contributed by atoms with Gasteiger partial charge in [-0.3, -0.25) is 4.79 Å². The molecule has 16 heavy (non-hydrogen) atoms. The van der Waals surface area contributed by atoms with Gasteiger partial charge in [0.05, 0.1) is 0 Å². The quantitative estimate of drug-likeness (QED) is 0.791. The van der Waals surface area contributed by atoms with E-state index in [1.54, 1.807) is 24.5 Å². The second kappa shape index (κ2) is 4.90. The third-order valence-corrected chi connectivity index (χ3v) is 2.55. The normalized spacial score (nSPS) is 10.8. The van der Waals surface area contributed by atoms with Gasteiger partial charge in [0.2, 0.25) is 0 Å². The summed E-state index contributed by atoms with van der Waals surface area (Å²) in [6, 6.07) is 9.43. The molecule has 0 unspecified atom stereocenters. The Kier molecular flexibility index (Phi) is 3.31. The molecule has 0 saturated heterocycles. The summed E-state index contributed by atoms with van der Waals surface area (Å²) in [5, 5.41) is 3.85. The summed E-state index contributed by atoms with van der Waals surface area (Å²) in [5.41, 5.74) is 0.976. The molecule has 4 heteroatoms. The standard InChI is InChI=1S/C12H9BrN2O/c13-11-5-2-10(3-6-11)4-7-12(16)15-9-1-8-14-15/h1-9H. The third kappa shape index (κ3) is 2.67. The van der Waals surface area contributed by atoms with Gasteiger partial charge in [-0.2, -0.15) is 5.10 Å². The van der Waals surface area contributed by atoms with Crippen LogP contribution in [0.25, 0.3) is 6.08 Å². The molecular formula is C12H9BrN2O. The highest BCUT2D eigenvalue weighted by Crippen LogP contribution is 2.11. The van der Waals surface area contributed by atoms with E-state index in [-0.39, 0.29) is 5.91 Å². The molecule has 0 saturated carbocycles. The summed E-state index contributed by atoms with van der Waals surface area (Å²) in [6.45, 7) is 0. The summed E-state index contributed by atoms with van der Waals surface area (Å²) in [6.07, 6.45) is 6.45. The van der Waals surface area contributed by atoms with Gasteiger partial charge in [0, 0.05) is 22.9 Å². The average Bonchev–Trinajstić information content (AvgIpc) is 2.81. The van der Waals surface area contributed by atoms with Crippen molar-refractivity contribution >= 4 is 27.9 Å². The van der Waals surface area contributed by atoms with Crippen LogP contribution in [0.4, 0.5) is 0 Å².